The molecule has 2 aromatic rings. The minimum Gasteiger partial charge on any atom is -0.377 e. The molecule has 0 radical (unpaired) electrons. The van der Waals surface area contributed by atoms with Gasteiger partial charge in [-0.25, -0.2) is 19.4 Å². The molecule has 0 aliphatic carbocycles. The van der Waals surface area contributed by atoms with Crippen molar-refractivity contribution in [1.29, 1.82) is 0 Å². The predicted molar refractivity (Wildman–Crippen MR) is 85.4 cm³/mol. The molecular formula is C18H18O6. The molecule has 1 aliphatic rings. The van der Waals surface area contributed by atoms with Crippen LogP contribution >= 0.6 is 0 Å². The van der Waals surface area contributed by atoms with Crippen molar-refractivity contribution in [3.05, 3.63) is 71.8 Å². The second-order valence-electron chi connectivity index (χ2n) is 4.70. The normalized spacial score (nSPS) is 13.2. The number of rotatable bonds is 2. The zero-order valence-corrected chi connectivity index (χ0v) is 13.1. The predicted octanol–water partition coefficient (Wildman–Crippen LogP) is 2.65. The minimum atomic E-state index is -0.708. The second-order valence-corrected chi connectivity index (χ2v) is 4.70. The van der Waals surface area contributed by atoms with Crippen LogP contribution in [0.25, 0.3) is 0 Å². The molecule has 1 heterocycles. The molecule has 0 aromatic heterocycles. The van der Waals surface area contributed by atoms with Crippen LogP contribution in [0.5, 0.6) is 0 Å². The van der Waals surface area contributed by atoms with E-state index >= 15 is 0 Å². The lowest BCUT2D eigenvalue weighted by Gasteiger charge is -2.09. The smallest absolute Gasteiger partial charge is 0.377 e. The molecule has 0 N–H and O–H groups in total. The van der Waals surface area contributed by atoms with Gasteiger partial charge in [-0.1, -0.05) is 36.4 Å². The van der Waals surface area contributed by atoms with Gasteiger partial charge in [0.15, 0.2) is 0 Å². The van der Waals surface area contributed by atoms with Gasteiger partial charge in [0.25, 0.3) is 0 Å². The summed E-state index contributed by atoms with van der Waals surface area (Å²) in [7, 11) is 0. The summed E-state index contributed by atoms with van der Waals surface area (Å²) >= 11 is 0. The molecule has 126 valence electrons. The molecule has 1 fully saturated rings. The summed E-state index contributed by atoms with van der Waals surface area (Å²) in [4.78, 5) is 31.9. The molecule has 1 aliphatic heterocycles. The standard InChI is InChI=1S/C14H10O4.C4H8O2/c15-13(11-7-3-1-4-8-11)17-18-14(16)12-9-5-2-6-10-12;1-2-6-4-3-5-1/h1-10H;1-4H2. The number of benzene rings is 2. The maximum Gasteiger partial charge on any atom is 0.386 e. The molecule has 3 rings (SSSR count). The SMILES string of the molecule is C1COCCO1.O=C(OOC(=O)c1ccccc1)c1ccccc1. The van der Waals surface area contributed by atoms with Crippen molar-refractivity contribution in [2.75, 3.05) is 26.4 Å². The Labute approximate surface area is 139 Å². The summed E-state index contributed by atoms with van der Waals surface area (Å²) in [5.41, 5.74) is 0.636. The van der Waals surface area contributed by atoms with E-state index in [1.165, 1.54) is 0 Å². The van der Waals surface area contributed by atoms with Crippen LogP contribution < -0.4 is 0 Å². The molecule has 6 nitrogen and oxygen atoms in total. The molecular weight excluding hydrogens is 312 g/mol. The van der Waals surface area contributed by atoms with Crippen LogP contribution in [-0.2, 0) is 19.2 Å². The molecule has 0 amide bonds. The number of carbonyl (C=O) groups excluding carboxylic acids is 2. The Bertz CT molecular complexity index is 559. The highest BCUT2D eigenvalue weighted by Gasteiger charge is 2.12. The third-order valence-corrected chi connectivity index (χ3v) is 2.96. The minimum absolute atomic E-state index is 0.318. The molecule has 24 heavy (non-hydrogen) atoms. The van der Waals surface area contributed by atoms with E-state index in [0.717, 1.165) is 26.4 Å². The van der Waals surface area contributed by atoms with E-state index in [2.05, 4.69) is 9.78 Å². The maximum atomic E-state index is 11.5. The molecule has 0 spiro atoms. The van der Waals surface area contributed by atoms with Crippen LogP contribution in [0.2, 0.25) is 0 Å². The third-order valence-electron chi connectivity index (χ3n) is 2.96. The Balaban J connectivity index is 0.000000292. The molecule has 2 aromatic carbocycles. The van der Waals surface area contributed by atoms with E-state index in [4.69, 9.17) is 9.47 Å². The zero-order valence-electron chi connectivity index (χ0n) is 13.1. The van der Waals surface area contributed by atoms with Crippen LogP contribution in [0.3, 0.4) is 0 Å². The van der Waals surface area contributed by atoms with Crippen molar-refractivity contribution in [1.82, 2.24) is 0 Å². The van der Waals surface area contributed by atoms with Gasteiger partial charge in [-0.3, -0.25) is 0 Å². The van der Waals surface area contributed by atoms with E-state index in [-0.39, 0.29) is 0 Å². The first-order chi connectivity index (χ1) is 11.8. The van der Waals surface area contributed by atoms with Crippen molar-refractivity contribution < 1.29 is 28.8 Å². The van der Waals surface area contributed by atoms with Gasteiger partial charge >= 0.3 is 11.9 Å². The quantitative estimate of drug-likeness (QED) is 0.623. The lowest BCUT2D eigenvalue weighted by atomic mass is 10.2. The Kier molecular flexibility index (Phi) is 7.46. The van der Waals surface area contributed by atoms with Gasteiger partial charge in [-0.05, 0) is 24.3 Å². The maximum absolute atomic E-state index is 11.5. The van der Waals surface area contributed by atoms with Crippen molar-refractivity contribution in [2.24, 2.45) is 0 Å². The van der Waals surface area contributed by atoms with Gasteiger partial charge in [0.05, 0.1) is 37.6 Å². The monoisotopic (exact) mass is 330 g/mol. The van der Waals surface area contributed by atoms with Crippen LogP contribution in [-0.4, -0.2) is 38.4 Å². The van der Waals surface area contributed by atoms with E-state index in [9.17, 15) is 9.59 Å². The average Bonchev–Trinajstić information content (AvgIpc) is 2.69. The van der Waals surface area contributed by atoms with E-state index < -0.39 is 11.9 Å². The van der Waals surface area contributed by atoms with E-state index in [0.29, 0.717) is 11.1 Å². The average molecular weight is 330 g/mol. The van der Waals surface area contributed by atoms with Crippen molar-refractivity contribution in [3.63, 3.8) is 0 Å². The second kappa shape index (κ2) is 10.1. The van der Waals surface area contributed by atoms with Crippen LogP contribution in [0.15, 0.2) is 60.7 Å². The summed E-state index contributed by atoms with van der Waals surface area (Å²) in [5, 5.41) is 0. The highest BCUT2D eigenvalue weighted by Crippen LogP contribution is 2.05. The first-order valence-corrected chi connectivity index (χ1v) is 7.46. The highest BCUT2D eigenvalue weighted by atomic mass is 17.2. The fourth-order valence-corrected chi connectivity index (χ4v) is 1.76. The lowest BCUT2D eigenvalue weighted by Crippen LogP contribution is -2.16. The van der Waals surface area contributed by atoms with Crippen LogP contribution in [0.1, 0.15) is 20.7 Å². The molecule has 0 saturated carbocycles. The Morgan fingerprint density at radius 2 is 0.958 bits per heavy atom. The summed E-state index contributed by atoms with van der Waals surface area (Å²) in [5.74, 6) is -1.42. The number of ether oxygens (including phenoxy) is 2. The van der Waals surface area contributed by atoms with Crippen molar-refractivity contribution in [3.8, 4) is 0 Å². The van der Waals surface area contributed by atoms with Crippen molar-refractivity contribution in [2.45, 2.75) is 0 Å². The van der Waals surface area contributed by atoms with Gasteiger partial charge in [-0.2, -0.15) is 0 Å². The molecule has 0 bridgehead atoms. The molecule has 0 atom stereocenters. The van der Waals surface area contributed by atoms with Gasteiger partial charge < -0.3 is 9.47 Å². The zero-order chi connectivity index (χ0) is 17.0. The topological polar surface area (TPSA) is 71.1 Å². The number of carbonyl (C=O) groups is 2. The summed E-state index contributed by atoms with van der Waals surface area (Å²) < 4.78 is 9.89. The van der Waals surface area contributed by atoms with Gasteiger partial charge in [-0.15, -0.1) is 0 Å². The fraction of sp³-hybridized carbons (Fsp3) is 0.222. The van der Waals surface area contributed by atoms with E-state index in [1.807, 2.05) is 0 Å². The van der Waals surface area contributed by atoms with E-state index in [1.54, 1.807) is 60.7 Å². The molecule has 1 saturated heterocycles. The number of hydrogen-bond acceptors (Lipinski definition) is 6. The Morgan fingerprint density at radius 1 is 0.625 bits per heavy atom. The number of hydrogen-bond donors (Lipinski definition) is 0. The highest BCUT2D eigenvalue weighted by molar-refractivity contribution is 5.92. The van der Waals surface area contributed by atoms with Crippen LogP contribution in [0.4, 0.5) is 0 Å². The Hall–Kier alpha value is -2.70. The summed E-state index contributed by atoms with van der Waals surface area (Å²) in [6.45, 7) is 3.11. The van der Waals surface area contributed by atoms with Gasteiger partial charge in [0.1, 0.15) is 0 Å². The van der Waals surface area contributed by atoms with Crippen LogP contribution in [0, 0.1) is 0 Å². The largest absolute Gasteiger partial charge is 0.386 e. The Morgan fingerprint density at radius 3 is 1.25 bits per heavy atom. The molecule has 0 unspecified atom stereocenters. The van der Waals surface area contributed by atoms with Gasteiger partial charge in [0.2, 0.25) is 0 Å². The first kappa shape index (κ1) is 17.7. The molecule has 6 heteroatoms. The van der Waals surface area contributed by atoms with Crippen molar-refractivity contribution >= 4 is 11.9 Å². The summed E-state index contributed by atoms with van der Waals surface area (Å²) in [6.07, 6.45) is 0. The third kappa shape index (κ3) is 6.20. The summed E-state index contributed by atoms with van der Waals surface area (Å²) in [6, 6.07) is 16.6. The lowest BCUT2D eigenvalue weighted by molar-refractivity contribution is -0.187. The fourth-order valence-electron chi connectivity index (χ4n) is 1.76. The first-order valence-electron chi connectivity index (χ1n) is 7.46. The van der Waals surface area contributed by atoms with Gasteiger partial charge in [0, 0.05) is 0 Å².